The van der Waals surface area contributed by atoms with Crippen molar-refractivity contribution in [2.45, 2.75) is 6.42 Å². The van der Waals surface area contributed by atoms with Gasteiger partial charge in [-0.2, -0.15) is 5.26 Å². The average Bonchev–Trinajstić information content (AvgIpc) is 2.38. The Labute approximate surface area is 104 Å². The Hall–Kier alpha value is -2.55. The maximum atomic E-state index is 11.8. The zero-order valence-electron chi connectivity index (χ0n) is 9.67. The summed E-state index contributed by atoms with van der Waals surface area (Å²) in [5.41, 5.74) is 0.621. The summed E-state index contributed by atoms with van der Waals surface area (Å²) >= 11 is 0. The normalized spacial score (nSPS) is 9.28. The number of carbonyl (C=O) groups is 2. The minimum atomic E-state index is -1.11. The van der Waals surface area contributed by atoms with E-state index in [9.17, 15) is 9.59 Å². The van der Waals surface area contributed by atoms with Gasteiger partial charge in [0.2, 0.25) is 0 Å². The van der Waals surface area contributed by atoms with E-state index in [-0.39, 0.29) is 13.0 Å². The molecule has 1 aromatic carbocycles. The number of hydrogen-bond donors (Lipinski definition) is 2. The number of nitriles is 1. The Bertz CT molecular complexity index is 453. The van der Waals surface area contributed by atoms with E-state index in [2.05, 4.69) is 5.32 Å². The van der Waals surface area contributed by atoms with Crippen molar-refractivity contribution in [3.63, 3.8) is 0 Å². The molecule has 0 saturated carbocycles. The van der Waals surface area contributed by atoms with Crippen molar-refractivity contribution in [2.75, 3.05) is 18.0 Å². The number of anilines is 1. The van der Waals surface area contributed by atoms with Gasteiger partial charge in [0.1, 0.15) is 6.54 Å². The third-order valence-electron chi connectivity index (χ3n) is 2.15. The molecular weight excluding hydrogens is 234 g/mol. The Kier molecular flexibility index (Phi) is 5.19. The van der Waals surface area contributed by atoms with Gasteiger partial charge in [0, 0.05) is 12.2 Å². The molecule has 0 spiro atoms. The van der Waals surface area contributed by atoms with Gasteiger partial charge in [-0.25, -0.2) is 4.79 Å². The van der Waals surface area contributed by atoms with Crippen molar-refractivity contribution < 1.29 is 14.7 Å². The van der Waals surface area contributed by atoms with E-state index in [1.807, 2.05) is 6.07 Å². The Morgan fingerprint density at radius 1 is 1.33 bits per heavy atom. The molecule has 1 aromatic rings. The van der Waals surface area contributed by atoms with Gasteiger partial charge in [0.25, 0.3) is 0 Å². The Balaban J connectivity index is 2.75. The molecule has 0 unspecified atom stereocenters. The summed E-state index contributed by atoms with van der Waals surface area (Å²) in [7, 11) is 0. The number of aliphatic carboxylic acids is 1. The topological polar surface area (TPSA) is 93.4 Å². The molecule has 2 N–H and O–H groups in total. The number of nitrogens with zero attached hydrogens (tertiary/aromatic N) is 2. The molecule has 0 aliphatic heterocycles. The van der Waals surface area contributed by atoms with E-state index in [0.717, 1.165) is 0 Å². The standard InChI is InChI=1S/C12H13N3O3/c13-7-4-8-15(10-5-2-1-3-6-10)12(18)14-9-11(16)17/h1-3,5-6H,4,8-9H2,(H,14,18)(H,16,17). The molecule has 6 heteroatoms. The van der Waals surface area contributed by atoms with Gasteiger partial charge < -0.3 is 10.4 Å². The summed E-state index contributed by atoms with van der Waals surface area (Å²) < 4.78 is 0. The summed E-state index contributed by atoms with van der Waals surface area (Å²) in [6.45, 7) is -0.235. The SMILES string of the molecule is N#CCCN(C(=O)NCC(=O)O)c1ccccc1. The molecule has 0 radical (unpaired) electrons. The molecule has 1 rings (SSSR count). The highest BCUT2D eigenvalue weighted by Gasteiger charge is 2.15. The van der Waals surface area contributed by atoms with Crippen molar-refractivity contribution in [1.82, 2.24) is 5.32 Å². The quantitative estimate of drug-likeness (QED) is 0.817. The fraction of sp³-hybridized carbons (Fsp3) is 0.250. The van der Waals surface area contributed by atoms with E-state index < -0.39 is 18.5 Å². The van der Waals surface area contributed by atoms with Gasteiger partial charge in [0.05, 0.1) is 12.5 Å². The highest BCUT2D eigenvalue weighted by Crippen LogP contribution is 2.13. The third-order valence-corrected chi connectivity index (χ3v) is 2.15. The molecule has 0 heterocycles. The minimum absolute atomic E-state index is 0.176. The lowest BCUT2D eigenvalue weighted by molar-refractivity contribution is -0.135. The van der Waals surface area contributed by atoms with Crippen molar-refractivity contribution in [2.24, 2.45) is 0 Å². The number of carboxylic acid groups (broad SMARTS) is 1. The largest absolute Gasteiger partial charge is 0.480 e. The second-order valence-corrected chi connectivity index (χ2v) is 3.45. The van der Waals surface area contributed by atoms with Crippen LogP contribution in [0.3, 0.4) is 0 Å². The van der Waals surface area contributed by atoms with Crippen molar-refractivity contribution in [1.29, 1.82) is 5.26 Å². The van der Waals surface area contributed by atoms with Crippen molar-refractivity contribution >= 4 is 17.7 Å². The number of benzene rings is 1. The number of nitrogens with one attached hydrogen (secondary N) is 1. The van der Waals surface area contributed by atoms with Crippen LogP contribution in [0.25, 0.3) is 0 Å². The van der Waals surface area contributed by atoms with Crippen LogP contribution in [0.1, 0.15) is 6.42 Å². The lowest BCUT2D eigenvalue weighted by Crippen LogP contribution is -2.42. The first kappa shape index (κ1) is 13.5. The van der Waals surface area contributed by atoms with E-state index in [0.29, 0.717) is 5.69 Å². The number of carboxylic acids is 1. The van der Waals surface area contributed by atoms with Gasteiger partial charge in [-0.05, 0) is 12.1 Å². The first-order chi connectivity index (χ1) is 8.65. The molecule has 2 amide bonds. The number of hydrogen-bond acceptors (Lipinski definition) is 3. The number of carbonyl (C=O) groups excluding carboxylic acids is 1. The van der Waals surface area contributed by atoms with Crippen LogP contribution in [0.4, 0.5) is 10.5 Å². The molecule has 6 nitrogen and oxygen atoms in total. The number of urea groups is 1. The number of rotatable bonds is 5. The molecule has 0 fully saturated rings. The van der Waals surface area contributed by atoms with Gasteiger partial charge in [-0.1, -0.05) is 18.2 Å². The van der Waals surface area contributed by atoms with Crippen LogP contribution in [0.2, 0.25) is 0 Å². The number of amides is 2. The molecule has 0 aliphatic carbocycles. The maximum Gasteiger partial charge on any atom is 0.323 e. The summed E-state index contributed by atoms with van der Waals surface area (Å²) in [4.78, 5) is 23.5. The lowest BCUT2D eigenvalue weighted by Gasteiger charge is -2.21. The van der Waals surface area contributed by atoms with Crippen LogP contribution in [0, 0.1) is 11.3 Å². The van der Waals surface area contributed by atoms with Crippen LogP contribution >= 0.6 is 0 Å². The average molecular weight is 247 g/mol. The Morgan fingerprint density at radius 3 is 2.56 bits per heavy atom. The fourth-order valence-corrected chi connectivity index (χ4v) is 1.36. The van der Waals surface area contributed by atoms with Crippen molar-refractivity contribution in [3.05, 3.63) is 30.3 Å². The summed E-state index contributed by atoms with van der Waals surface area (Å²) in [6.07, 6.45) is 0.176. The first-order valence-electron chi connectivity index (χ1n) is 5.34. The molecule has 0 bridgehead atoms. The van der Waals surface area contributed by atoms with Crippen LogP contribution in [-0.2, 0) is 4.79 Å². The second-order valence-electron chi connectivity index (χ2n) is 3.45. The molecule has 0 aliphatic rings. The summed E-state index contributed by atoms with van der Waals surface area (Å²) in [5.74, 6) is -1.11. The fourth-order valence-electron chi connectivity index (χ4n) is 1.36. The highest BCUT2D eigenvalue weighted by atomic mass is 16.4. The minimum Gasteiger partial charge on any atom is -0.480 e. The molecule has 0 aromatic heterocycles. The van der Waals surface area contributed by atoms with Crippen LogP contribution in [0.5, 0.6) is 0 Å². The predicted octanol–water partition coefficient (Wildman–Crippen LogP) is 1.20. The molecule has 94 valence electrons. The molecule has 0 atom stereocenters. The van der Waals surface area contributed by atoms with E-state index in [4.69, 9.17) is 10.4 Å². The summed E-state index contributed by atoms with van der Waals surface area (Å²) in [6, 6.07) is 10.2. The summed E-state index contributed by atoms with van der Waals surface area (Å²) in [5, 5.41) is 19.3. The Morgan fingerprint density at radius 2 is 2.00 bits per heavy atom. The molecule has 18 heavy (non-hydrogen) atoms. The zero-order valence-corrected chi connectivity index (χ0v) is 9.67. The van der Waals surface area contributed by atoms with Gasteiger partial charge in [-0.3, -0.25) is 9.69 Å². The lowest BCUT2D eigenvalue weighted by atomic mass is 10.3. The van der Waals surface area contributed by atoms with Gasteiger partial charge >= 0.3 is 12.0 Å². The van der Waals surface area contributed by atoms with Crippen LogP contribution in [-0.4, -0.2) is 30.2 Å². The highest BCUT2D eigenvalue weighted by molar-refractivity contribution is 5.93. The van der Waals surface area contributed by atoms with E-state index >= 15 is 0 Å². The van der Waals surface area contributed by atoms with Gasteiger partial charge in [0.15, 0.2) is 0 Å². The molecule has 0 saturated heterocycles. The maximum absolute atomic E-state index is 11.8. The predicted molar refractivity (Wildman–Crippen MR) is 65.1 cm³/mol. The molecular formula is C12H13N3O3. The zero-order chi connectivity index (χ0) is 13.4. The third kappa shape index (κ3) is 4.14. The van der Waals surface area contributed by atoms with Crippen LogP contribution < -0.4 is 10.2 Å². The number of para-hydroxylation sites is 1. The van der Waals surface area contributed by atoms with Crippen LogP contribution in [0.15, 0.2) is 30.3 Å². The second kappa shape index (κ2) is 6.91. The van der Waals surface area contributed by atoms with E-state index in [1.165, 1.54) is 4.90 Å². The first-order valence-corrected chi connectivity index (χ1v) is 5.34. The van der Waals surface area contributed by atoms with Crippen molar-refractivity contribution in [3.8, 4) is 6.07 Å². The van der Waals surface area contributed by atoms with Gasteiger partial charge in [-0.15, -0.1) is 0 Å². The van der Waals surface area contributed by atoms with E-state index in [1.54, 1.807) is 30.3 Å². The monoisotopic (exact) mass is 247 g/mol. The smallest absolute Gasteiger partial charge is 0.323 e.